The van der Waals surface area contributed by atoms with Gasteiger partial charge in [0, 0.05) is 41.5 Å². The number of hydrogen-bond acceptors (Lipinski definition) is 3. The van der Waals surface area contributed by atoms with Crippen LogP contribution >= 0.6 is 23.4 Å². The maximum Gasteiger partial charge on any atom is 0.260 e. The molecule has 0 aromatic heterocycles. The van der Waals surface area contributed by atoms with E-state index in [1.165, 1.54) is 12.8 Å². The first-order chi connectivity index (χ1) is 16.1. The second-order valence-electron chi connectivity index (χ2n) is 9.20. The van der Waals surface area contributed by atoms with Crippen molar-refractivity contribution in [2.75, 3.05) is 13.1 Å². The van der Waals surface area contributed by atoms with Gasteiger partial charge in [0.15, 0.2) is 0 Å². The quantitative estimate of drug-likeness (QED) is 0.503. The van der Waals surface area contributed by atoms with Gasteiger partial charge < -0.3 is 9.80 Å². The van der Waals surface area contributed by atoms with Crippen LogP contribution in [0, 0.1) is 0 Å². The van der Waals surface area contributed by atoms with Crippen LogP contribution in [0.2, 0.25) is 5.02 Å². The number of amides is 2. The van der Waals surface area contributed by atoms with Crippen molar-refractivity contribution in [1.82, 2.24) is 9.80 Å². The highest BCUT2D eigenvalue weighted by Gasteiger charge is 2.40. The van der Waals surface area contributed by atoms with Crippen molar-refractivity contribution in [3.05, 3.63) is 75.1 Å². The van der Waals surface area contributed by atoms with Crippen LogP contribution in [0.15, 0.2) is 53.4 Å². The molecule has 3 fully saturated rings. The second-order valence-corrected chi connectivity index (χ2v) is 10.9. The van der Waals surface area contributed by atoms with Gasteiger partial charge >= 0.3 is 0 Å². The van der Waals surface area contributed by atoms with E-state index in [1.54, 1.807) is 11.8 Å². The first-order valence-corrected chi connectivity index (χ1v) is 13.2. The van der Waals surface area contributed by atoms with Crippen LogP contribution in [0.1, 0.15) is 60.0 Å². The number of carbonyl (C=O) groups excluding carboxylic acids is 2. The van der Waals surface area contributed by atoms with E-state index in [2.05, 4.69) is 4.90 Å². The van der Waals surface area contributed by atoms with Gasteiger partial charge in [0.25, 0.3) is 11.8 Å². The first kappa shape index (κ1) is 22.5. The molecule has 1 aliphatic carbocycles. The molecule has 2 atom stereocenters. The topological polar surface area (TPSA) is 40.6 Å². The Balaban J connectivity index is 1.37. The molecular weight excluding hydrogens is 452 g/mol. The van der Waals surface area contributed by atoms with Crippen LogP contribution in [-0.2, 0) is 11.3 Å². The summed E-state index contributed by atoms with van der Waals surface area (Å²) in [6, 6.07) is 15.8. The van der Waals surface area contributed by atoms with E-state index in [0.717, 1.165) is 60.4 Å². The summed E-state index contributed by atoms with van der Waals surface area (Å²) in [6.45, 7) is 2.28. The van der Waals surface area contributed by atoms with E-state index in [1.807, 2.05) is 59.5 Å². The van der Waals surface area contributed by atoms with Gasteiger partial charge in [-0.05, 0) is 67.2 Å². The molecule has 3 aliphatic rings. The third-order valence-electron chi connectivity index (χ3n) is 6.91. The average Bonchev–Trinajstić information content (AvgIpc) is 3.37. The van der Waals surface area contributed by atoms with Crippen molar-refractivity contribution in [2.24, 2.45) is 0 Å². The lowest BCUT2D eigenvalue weighted by Crippen LogP contribution is -2.50. The highest BCUT2D eigenvalue weighted by atomic mass is 35.5. The molecule has 0 radical (unpaired) electrons. The minimum atomic E-state index is 0.0975. The molecule has 172 valence electrons. The van der Waals surface area contributed by atoms with Crippen LogP contribution in [0.3, 0.4) is 0 Å². The monoisotopic (exact) mass is 480 g/mol. The smallest absolute Gasteiger partial charge is 0.260 e. The standard InChI is InChI=1S/C27H29ClN2O2S/c28-22-7-5-6-20(16-22)18-30-23-8-1-2-9-24(23)33-25(27(30)32)17-19-10-12-21(13-11-19)26(31)29-14-3-4-15-29/h5-7,10-13,16-17,23-24H,1-4,8-9,14-15,18H2/b25-17+. The number of rotatable bonds is 4. The van der Waals surface area contributed by atoms with Gasteiger partial charge in [0.2, 0.25) is 0 Å². The number of hydrogen-bond donors (Lipinski definition) is 0. The molecule has 2 aromatic rings. The molecule has 33 heavy (non-hydrogen) atoms. The minimum absolute atomic E-state index is 0.0975. The predicted molar refractivity (Wildman–Crippen MR) is 135 cm³/mol. The highest BCUT2D eigenvalue weighted by molar-refractivity contribution is 8.04. The Labute approximate surface area is 205 Å². The predicted octanol–water partition coefficient (Wildman–Crippen LogP) is 6.00. The van der Waals surface area contributed by atoms with Crippen LogP contribution in [0.25, 0.3) is 6.08 Å². The fourth-order valence-corrected chi connectivity index (χ4v) is 6.86. The van der Waals surface area contributed by atoms with E-state index in [9.17, 15) is 9.59 Å². The van der Waals surface area contributed by atoms with E-state index >= 15 is 0 Å². The number of carbonyl (C=O) groups is 2. The number of halogens is 1. The molecule has 5 rings (SSSR count). The Kier molecular flexibility index (Phi) is 6.79. The number of fused-ring (bicyclic) bond motifs is 1. The van der Waals surface area contributed by atoms with Gasteiger partial charge in [-0.3, -0.25) is 9.59 Å². The molecule has 0 spiro atoms. The van der Waals surface area contributed by atoms with Crippen molar-refractivity contribution in [2.45, 2.75) is 56.4 Å². The van der Waals surface area contributed by atoms with Crippen molar-refractivity contribution >= 4 is 41.3 Å². The molecular formula is C27H29ClN2O2S. The average molecular weight is 481 g/mol. The summed E-state index contributed by atoms with van der Waals surface area (Å²) in [4.78, 5) is 31.0. The van der Waals surface area contributed by atoms with Crippen LogP contribution in [0.4, 0.5) is 0 Å². The van der Waals surface area contributed by atoms with Crippen LogP contribution in [-0.4, -0.2) is 46.0 Å². The van der Waals surface area contributed by atoms with Crippen molar-refractivity contribution in [3.63, 3.8) is 0 Å². The molecule has 1 saturated carbocycles. The molecule has 2 unspecified atom stereocenters. The molecule has 0 N–H and O–H groups in total. The largest absolute Gasteiger partial charge is 0.339 e. The van der Waals surface area contributed by atoms with E-state index < -0.39 is 0 Å². The summed E-state index contributed by atoms with van der Waals surface area (Å²) in [5.74, 6) is 0.202. The van der Waals surface area contributed by atoms with Crippen LogP contribution < -0.4 is 0 Å². The zero-order valence-corrected chi connectivity index (χ0v) is 20.3. The first-order valence-electron chi connectivity index (χ1n) is 11.9. The molecule has 0 bridgehead atoms. The third-order valence-corrected chi connectivity index (χ3v) is 8.54. The Bertz CT molecular complexity index is 1060. The molecule has 2 aliphatic heterocycles. The van der Waals surface area contributed by atoms with E-state index in [4.69, 9.17) is 11.6 Å². The number of benzene rings is 2. The second kappa shape index (κ2) is 9.94. The molecule has 6 heteroatoms. The molecule has 2 aromatic carbocycles. The maximum atomic E-state index is 13.6. The fraction of sp³-hybridized carbons (Fsp3) is 0.407. The zero-order chi connectivity index (χ0) is 22.8. The molecule has 2 saturated heterocycles. The van der Waals surface area contributed by atoms with Gasteiger partial charge in [-0.2, -0.15) is 0 Å². The number of likely N-dealkylation sites (tertiary alicyclic amines) is 1. The Hall–Kier alpha value is -2.24. The van der Waals surface area contributed by atoms with Gasteiger partial charge in [-0.25, -0.2) is 0 Å². The number of thioether (sulfide) groups is 1. The Morgan fingerprint density at radius 3 is 2.55 bits per heavy atom. The highest BCUT2D eigenvalue weighted by Crippen LogP contribution is 2.42. The van der Waals surface area contributed by atoms with Crippen molar-refractivity contribution in [3.8, 4) is 0 Å². The summed E-state index contributed by atoms with van der Waals surface area (Å²) < 4.78 is 0. The summed E-state index contributed by atoms with van der Waals surface area (Å²) in [6.07, 6.45) is 8.75. The number of nitrogens with zero attached hydrogens (tertiary/aromatic N) is 2. The lowest BCUT2D eigenvalue weighted by atomic mass is 9.92. The third kappa shape index (κ3) is 4.99. The Morgan fingerprint density at radius 2 is 1.79 bits per heavy atom. The van der Waals surface area contributed by atoms with Crippen molar-refractivity contribution in [1.29, 1.82) is 0 Å². The molecule has 4 nitrogen and oxygen atoms in total. The molecule has 2 heterocycles. The summed E-state index contributed by atoms with van der Waals surface area (Å²) in [5, 5.41) is 1.13. The van der Waals surface area contributed by atoms with Crippen molar-refractivity contribution < 1.29 is 9.59 Å². The maximum absolute atomic E-state index is 13.6. The van der Waals surface area contributed by atoms with Gasteiger partial charge in [-0.15, -0.1) is 11.8 Å². The lowest BCUT2D eigenvalue weighted by molar-refractivity contribution is -0.130. The summed E-state index contributed by atoms with van der Waals surface area (Å²) in [7, 11) is 0. The summed E-state index contributed by atoms with van der Waals surface area (Å²) >= 11 is 7.94. The molecule has 2 amide bonds. The van der Waals surface area contributed by atoms with E-state index in [-0.39, 0.29) is 17.9 Å². The minimum Gasteiger partial charge on any atom is -0.339 e. The lowest BCUT2D eigenvalue weighted by Gasteiger charge is -2.44. The SMILES string of the molecule is O=C(c1ccc(/C=C2/SC3CCCCC3N(Cc3cccc(Cl)c3)C2=O)cc1)N1CCCC1. The van der Waals surface area contributed by atoms with Gasteiger partial charge in [-0.1, -0.05) is 48.7 Å². The Morgan fingerprint density at radius 1 is 1.03 bits per heavy atom. The fourth-order valence-electron chi connectivity index (χ4n) is 5.17. The van der Waals surface area contributed by atoms with Crippen LogP contribution in [0.5, 0.6) is 0 Å². The summed E-state index contributed by atoms with van der Waals surface area (Å²) in [5.41, 5.74) is 2.74. The van der Waals surface area contributed by atoms with Gasteiger partial charge in [0.1, 0.15) is 0 Å². The zero-order valence-electron chi connectivity index (χ0n) is 18.7. The normalized spacial score (nSPS) is 24.3. The van der Waals surface area contributed by atoms with Gasteiger partial charge in [0.05, 0.1) is 4.91 Å². The van der Waals surface area contributed by atoms with E-state index in [0.29, 0.717) is 16.8 Å².